The van der Waals surface area contributed by atoms with Gasteiger partial charge >= 0.3 is 0 Å². The molecule has 0 aromatic heterocycles. The lowest BCUT2D eigenvalue weighted by Crippen LogP contribution is -2.47. The van der Waals surface area contributed by atoms with Gasteiger partial charge in [0.25, 0.3) is 5.91 Å². The first-order chi connectivity index (χ1) is 10.1. The maximum atomic E-state index is 12.5. The molecule has 1 aliphatic heterocycles. The number of piperidine rings is 1. The number of benzene rings is 1. The molecule has 1 aromatic carbocycles. The summed E-state index contributed by atoms with van der Waals surface area (Å²) in [6, 6.07) is 7.09. The molecule has 0 spiro atoms. The van der Waals surface area contributed by atoms with E-state index < -0.39 is 6.10 Å². The van der Waals surface area contributed by atoms with E-state index >= 15 is 0 Å². The van der Waals surface area contributed by atoms with Gasteiger partial charge in [-0.05, 0) is 63.5 Å². The fraction of sp³-hybridized carbons (Fsp3) is 0.562. The largest absolute Gasteiger partial charge is 0.481 e. The summed E-state index contributed by atoms with van der Waals surface area (Å²) in [6.07, 6.45) is 1.77. The maximum Gasteiger partial charge on any atom is 0.263 e. The summed E-state index contributed by atoms with van der Waals surface area (Å²) in [5, 5.41) is 3.85. The molecule has 1 fully saturated rings. The van der Waals surface area contributed by atoms with Crippen molar-refractivity contribution < 1.29 is 9.53 Å². The van der Waals surface area contributed by atoms with Gasteiger partial charge in [0.15, 0.2) is 6.10 Å². The van der Waals surface area contributed by atoms with Crippen molar-refractivity contribution >= 4 is 17.5 Å². The third kappa shape index (κ3) is 4.61. The minimum Gasteiger partial charge on any atom is -0.481 e. The van der Waals surface area contributed by atoms with E-state index in [-0.39, 0.29) is 5.91 Å². The average molecular weight is 311 g/mol. The van der Waals surface area contributed by atoms with Crippen LogP contribution in [-0.4, -0.2) is 43.6 Å². The Hall–Kier alpha value is -1.26. The summed E-state index contributed by atoms with van der Waals surface area (Å²) in [5.41, 5.74) is 0. The molecular formula is C16H23ClN2O2. The number of rotatable bonds is 5. The molecular weight excluding hydrogens is 288 g/mol. The van der Waals surface area contributed by atoms with Gasteiger partial charge in [0, 0.05) is 18.1 Å². The van der Waals surface area contributed by atoms with Crippen molar-refractivity contribution in [2.75, 3.05) is 26.7 Å². The van der Waals surface area contributed by atoms with Crippen LogP contribution in [0.2, 0.25) is 5.02 Å². The third-order valence-corrected chi connectivity index (χ3v) is 4.05. The highest BCUT2D eigenvalue weighted by Crippen LogP contribution is 2.20. The zero-order valence-corrected chi connectivity index (χ0v) is 13.4. The monoisotopic (exact) mass is 310 g/mol. The summed E-state index contributed by atoms with van der Waals surface area (Å²) in [7, 11) is 1.95. The van der Waals surface area contributed by atoms with E-state index in [1.807, 2.05) is 11.9 Å². The van der Waals surface area contributed by atoms with Crippen LogP contribution in [0.1, 0.15) is 19.8 Å². The van der Waals surface area contributed by atoms with Crippen LogP contribution >= 0.6 is 11.6 Å². The number of carbonyl (C=O) groups excluding carboxylic acids is 1. The van der Waals surface area contributed by atoms with E-state index in [1.165, 1.54) is 6.42 Å². The number of ether oxygens (including phenoxy) is 1. The molecule has 0 radical (unpaired) electrons. The summed E-state index contributed by atoms with van der Waals surface area (Å²) in [6.45, 7) is 4.40. The number of amides is 1. The summed E-state index contributed by atoms with van der Waals surface area (Å²) in [4.78, 5) is 14.4. The van der Waals surface area contributed by atoms with E-state index in [1.54, 1.807) is 31.2 Å². The summed E-state index contributed by atoms with van der Waals surface area (Å²) < 4.78 is 5.71. The van der Waals surface area contributed by atoms with E-state index in [4.69, 9.17) is 16.3 Å². The highest BCUT2D eigenvalue weighted by molar-refractivity contribution is 6.30. The number of halogens is 1. The molecule has 1 heterocycles. The maximum absolute atomic E-state index is 12.5. The van der Waals surface area contributed by atoms with Crippen molar-refractivity contribution in [3.63, 3.8) is 0 Å². The van der Waals surface area contributed by atoms with Gasteiger partial charge in [-0.25, -0.2) is 0 Å². The van der Waals surface area contributed by atoms with Crippen LogP contribution in [-0.2, 0) is 4.79 Å². The Morgan fingerprint density at radius 2 is 2.19 bits per heavy atom. The lowest BCUT2D eigenvalue weighted by atomic mass is 9.97. The van der Waals surface area contributed by atoms with Gasteiger partial charge in [-0.15, -0.1) is 0 Å². The third-order valence-electron chi connectivity index (χ3n) is 3.80. The van der Waals surface area contributed by atoms with Crippen LogP contribution in [0.5, 0.6) is 5.75 Å². The fourth-order valence-corrected chi connectivity index (χ4v) is 2.87. The van der Waals surface area contributed by atoms with Gasteiger partial charge in [0.05, 0.1) is 0 Å². The van der Waals surface area contributed by atoms with Gasteiger partial charge in [-0.3, -0.25) is 4.79 Å². The molecule has 0 aliphatic carbocycles. The van der Waals surface area contributed by atoms with Crippen LogP contribution in [0.25, 0.3) is 0 Å². The molecule has 2 atom stereocenters. The number of hydrogen-bond acceptors (Lipinski definition) is 3. The highest BCUT2D eigenvalue weighted by Gasteiger charge is 2.27. The second kappa shape index (κ2) is 7.66. The molecule has 0 bridgehead atoms. The predicted octanol–water partition coefficient (Wildman–Crippen LogP) is 2.57. The van der Waals surface area contributed by atoms with Crippen LogP contribution in [0.3, 0.4) is 0 Å². The lowest BCUT2D eigenvalue weighted by Gasteiger charge is -2.34. The Labute approximate surface area is 131 Å². The topological polar surface area (TPSA) is 41.6 Å². The Balaban J connectivity index is 1.90. The van der Waals surface area contributed by atoms with Crippen LogP contribution in [0, 0.1) is 5.92 Å². The second-order valence-electron chi connectivity index (χ2n) is 5.56. The zero-order valence-electron chi connectivity index (χ0n) is 12.6. The first-order valence-electron chi connectivity index (χ1n) is 7.45. The molecule has 1 amide bonds. The summed E-state index contributed by atoms with van der Waals surface area (Å²) in [5.74, 6) is 1.27. The first kappa shape index (κ1) is 16.1. The molecule has 1 saturated heterocycles. The number of likely N-dealkylation sites (tertiary alicyclic amines) is 1. The van der Waals surface area contributed by atoms with Crippen molar-refractivity contribution in [2.24, 2.45) is 5.92 Å². The normalized spacial score (nSPS) is 20.1. The van der Waals surface area contributed by atoms with Crippen molar-refractivity contribution in [1.29, 1.82) is 0 Å². The molecule has 1 aliphatic rings. The molecule has 0 saturated carbocycles. The molecule has 1 N–H and O–H groups in total. The van der Waals surface area contributed by atoms with Crippen LogP contribution in [0.15, 0.2) is 24.3 Å². The van der Waals surface area contributed by atoms with Crippen molar-refractivity contribution in [3.05, 3.63) is 29.3 Å². The summed E-state index contributed by atoms with van der Waals surface area (Å²) >= 11 is 5.84. The molecule has 21 heavy (non-hydrogen) atoms. The Morgan fingerprint density at radius 3 is 2.86 bits per heavy atom. The quantitative estimate of drug-likeness (QED) is 0.909. The van der Waals surface area contributed by atoms with E-state index in [9.17, 15) is 4.79 Å². The van der Waals surface area contributed by atoms with Crippen LogP contribution in [0.4, 0.5) is 0 Å². The smallest absolute Gasteiger partial charge is 0.263 e. The highest BCUT2D eigenvalue weighted by atomic mass is 35.5. The number of hydrogen-bond donors (Lipinski definition) is 1. The molecule has 2 rings (SSSR count). The van der Waals surface area contributed by atoms with Crippen molar-refractivity contribution in [3.8, 4) is 5.75 Å². The van der Waals surface area contributed by atoms with Gasteiger partial charge in [-0.1, -0.05) is 11.6 Å². The molecule has 4 nitrogen and oxygen atoms in total. The minimum atomic E-state index is -0.473. The first-order valence-corrected chi connectivity index (χ1v) is 7.83. The number of nitrogens with zero attached hydrogens (tertiary/aromatic N) is 1. The van der Waals surface area contributed by atoms with E-state index in [0.29, 0.717) is 16.7 Å². The van der Waals surface area contributed by atoms with Gasteiger partial charge in [0.1, 0.15) is 5.75 Å². The minimum absolute atomic E-state index is 0.0609. The number of carbonyl (C=O) groups is 1. The SMILES string of the molecule is CNC[C@H]1CCCN(C(=O)[C@H](C)Oc2ccc(Cl)cc2)C1. The molecule has 1 aromatic rings. The van der Waals surface area contributed by atoms with Crippen molar-refractivity contribution in [2.45, 2.75) is 25.9 Å². The van der Waals surface area contributed by atoms with Crippen LogP contribution < -0.4 is 10.1 Å². The zero-order chi connectivity index (χ0) is 15.2. The van der Waals surface area contributed by atoms with Gasteiger partial charge < -0.3 is 15.0 Å². The van der Waals surface area contributed by atoms with Gasteiger partial charge in [-0.2, -0.15) is 0 Å². The Bertz CT molecular complexity index is 462. The Morgan fingerprint density at radius 1 is 1.48 bits per heavy atom. The molecule has 5 heteroatoms. The standard InChI is InChI=1S/C16H23ClN2O2/c1-12(21-15-7-5-14(17)6-8-15)16(20)19-9-3-4-13(11-19)10-18-2/h5-8,12-13,18H,3-4,9-11H2,1-2H3/t12-,13+/m0/s1. The molecule has 116 valence electrons. The Kier molecular flexibility index (Phi) is 5.88. The second-order valence-corrected chi connectivity index (χ2v) is 6.00. The average Bonchev–Trinajstić information content (AvgIpc) is 2.49. The van der Waals surface area contributed by atoms with Gasteiger partial charge in [0.2, 0.25) is 0 Å². The number of nitrogens with one attached hydrogen (secondary N) is 1. The fourth-order valence-electron chi connectivity index (χ4n) is 2.75. The van der Waals surface area contributed by atoms with E-state index in [2.05, 4.69) is 5.32 Å². The lowest BCUT2D eigenvalue weighted by molar-refractivity contribution is -0.139. The van der Waals surface area contributed by atoms with Crippen molar-refractivity contribution in [1.82, 2.24) is 10.2 Å². The predicted molar refractivity (Wildman–Crippen MR) is 84.8 cm³/mol. The molecule has 0 unspecified atom stereocenters. The van der Waals surface area contributed by atoms with E-state index in [0.717, 1.165) is 26.1 Å².